The molecule has 1 amide bonds. The Morgan fingerprint density at radius 2 is 2.14 bits per heavy atom. The van der Waals surface area contributed by atoms with Crippen LogP contribution in [-0.2, 0) is 11.3 Å². The largest absolute Gasteiger partial charge is 0.338 e. The topological polar surface area (TPSA) is 61.6 Å². The van der Waals surface area contributed by atoms with Gasteiger partial charge in [-0.2, -0.15) is 0 Å². The lowest BCUT2D eigenvalue weighted by Gasteiger charge is -2.33. The predicted molar refractivity (Wildman–Crippen MR) is 85.9 cm³/mol. The van der Waals surface area contributed by atoms with Gasteiger partial charge in [0.15, 0.2) is 0 Å². The highest BCUT2D eigenvalue weighted by molar-refractivity contribution is 7.09. The summed E-state index contributed by atoms with van der Waals surface area (Å²) < 4.78 is 4.99. The average Bonchev–Trinajstić information content (AvgIpc) is 3.13. The summed E-state index contributed by atoms with van der Waals surface area (Å²) in [6.07, 6.45) is 0. The van der Waals surface area contributed by atoms with E-state index in [0.717, 1.165) is 38.4 Å². The number of nitrogens with one attached hydrogen (secondary N) is 1. The van der Waals surface area contributed by atoms with E-state index in [2.05, 4.69) is 37.8 Å². The van der Waals surface area contributed by atoms with E-state index in [1.54, 1.807) is 17.4 Å². The molecule has 1 fully saturated rings. The molecule has 0 bridgehead atoms. The third-order valence-electron chi connectivity index (χ3n) is 3.68. The molecular formula is C15H20N4O2S. The first-order valence-corrected chi connectivity index (χ1v) is 8.27. The van der Waals surface area contributed by atoms with Gasteiger partial charge in [0.1, 0.15) is 0 Å². The zero-order valence-corrected chi connectivity index (χ0v) is 13.4. The number of aromatic nitrogens is 1. The maximum atomic E-state index is 12.0. The van der Waals surface area contributed by atoms with Crippen molar-refractivity contribution in [2.45, 2.75) is 13.5 Å². The third kappa shape index (κ3) is 4.16. The van der Waals surface area contributed by atoms with Crippen molar-refractivity contribution in [2.75, 3.05) is 38.0 Å². The van der Waals surface area contributed by atoms with Gasteiger partial charge in [-0.05, 0) is 18.4 Å². The van der Waals surface area contributed by atoms with E-state index >= 15 is 0 Å². The van der Waals surface area contributed by atoms with Crippen LogP contribution >= 0.6 is 11.3 Å². The summed E-state index contributed by atoms with van der Waals surface area (Å²) in [6.45, 7) is 7.04. The fraction of sp³-hybridized carbons (Fsp3) is 0.467. The number of hydrogen-bond donors (Lipinski definition) is 1. The number of amides is 1. The first-order valence-electron chi connectivity index (χ1n) is 7.39. The standard InChI is InChI=1S/C15H20N4O2S/c1-12-9-15(21-17-12)16-14(20)11-19-6-4-18(5-7-19)10-13-3-2-8-22-13/h2-3,8-9H,4-7,10-11H2,1H3,(H,16,20). The van der Waals surface area contributed by atoms with Crippen LogP contribution in [0, 0.1) is 6.92 Å². The van der Waals surface area contributed by atoms with E-state index in [4.69, 9.17) is 4.52 Å². The maximum Gasteiger partial charge on any atom is 0.240 e. The molecule has 6 nitrogen and oxygen atoms in total. The van der Waals surface area contributed by atoms with Crippen LogP contribution in [0.4, 0.5) is 5.88 Å². The zero-order chi connectivity index (χ0) is 15.4. The first kappa shape index (κ1) is 15.2. The normalized spacial score (nSPS) is 16.8. The number of carbonyl (C=O) groups excluding carboxylic acids is 1. The summed E-state index contributed by atoms with van der Waals surface area (Å²) in [5, 5.41) is 8.60. The molecule has 0 atom stereocenters. The monoisotopic (exact) mass is 320 g/mol. The van der Waals surface area contributed by atoms with Gasteiger partial charge in [-0.3, -0.25) is 19.9 Å². The molecule has 118 valence electrons. The molecule has 2 aromatic rings. The fourth-order valence-corrected chi connectivity index (χ4v) is 3.28. The molecule has 1 aliphatic rings. The van der Waals surface area contributed by atoms with Crippen molar-refractivity contribution >= 4 is 23.1 Å². The van der Waals surface area contributed by atoms with Crippen LogP contribution in [0.1, 0.15) is 10.6 Å². The number of nitrogens with zero attached hydrogens (tertiary/aromatic N) is 3. The molecule has 0 unspecified atom stereocenters. The van der Waals surface area contributed by atoms with Crippen molar-refractivity contribution in [3.8, 4) is 0 Å². The number of piperazine rings is 1. The third-order valence-corrected chi connectivity index (χ3v) is 4.54. The van der Waals surface area contributed by atoms with Gasteiger partial charge in [0.2, 0.25) is 11.8 Å². The minimum atomic E-state index is -0.0529. The number of carbonyl (C=O) groups is 1. The molecule has 0 radical (unpaired) electrons. The van der Waals surface area contributed by atoms with Gasteiger partial charge >= 0.3 is 0 Å². The molecule has 1 aliphatic heterocycles. The molecule has 0 saturated carbocycles. The lowest BCUT2D eigenvalue weighted by molar-refractivity contribution is -0.117. The number of rotatable bonds is 5. The molecular weight excluding hydrogens is 300 g/mol. The number of hydrogen-bond acceptors (Lipinski definition) is 6. The smallest absolute Gasteiger partial charge is 0.240 e. The van der Waals surface area contributed by atoms with E-state index in [9.17, 15) is 4.79 Å². The van der Waals surface area contributed by atoms with E-state index in [-0.39, 0.29) is 5.91 Å². The van der Waals surface area contributed by atoms with Gasteiger partial charge < -0.3 is 4.52 Å². The summed E-state index contributed by atoms with van der Waals surface area (Å²) >= 11 is 1.80. The van der Waals surface area contributed by atoms with Crippen LogP contribution in [-0.4, -0.2) is 53.6 Å². The van der Waals surface area contributed by atoms with E-state index in [0.29, 0.717) is 12.4 Å². The Labute approximate surface area is 133 Å². The maximum absolute atomic E-state index is 12.0. The Morgan fingerprint density at radius 3 is 2.77 bits per heavy atom. The van der Waals surface area contributed by atoms with Crippen LogP contribution in [0.15, 0.2) is 28.1 Å². The molecule has 1 saturated heterocycles. The van der Waals surface area contributed by atoms with Crippen LogP contribution < -0.4 is 5.32 Å². The molecule has 0 aromatic carbocycles. The van der Waals surface area contributed by atoms with Crippen LogP contribution in [0.3, 0.4) is 0 Å². The van der Waals surface area contributed by atoms with Gasteiger partial charge in [-0.15, -0.1) is 11.3 Å². The van der Waals surface area contributed by atoms with Gasteiger partial charge in [0.05, 0.1) is 12.2 Å². The second kappa shape index (κ2) is 7.04. The first-order chi connectivity index (χ1) is 10.7. The Morgan fingerprint density at radius 1 is 1.36 bits per heavy atom. The molecule has 22 heavy (non-hydrogen) atoms. The molecule has 0 spiro atoms. The number of thiophene rings is 1. The highest BCUT2D eigenvalue weighted by atomic mass is 32.1. The molecule has 7 heteroatoms. The summed E-state index contributed by atoms with van der Waals surface area (Å²) in [5.74, 6) is 0.363. The second-order valence-electron chi connectivity index (χ2n) is 5.51. The predicted octanol–water partition coefficient (Wildman–Crippen LogP) is 1.80. The van der Waals surface area contributed by atoms with Gasteiger partial charge in [0, 0.05) is 43.7 Å². The lowest BCUT2D eigenvalue weighted by atomic mass is 10.3. The Kier molecular flexibility index (Phi) is 4.87. The van der Waals surface area contributed by atoms with Gasteiger partial charge in [-0.25, -0.2) is 0 Å². The van der Waals surface area contributed by atoms with Crippen molar-refractivity contribution in [3.63, 3.8) is 0 Å². The summed E-state index contributed by atoms with van der Waals surface area (Å²) in [7, 11) is 0. The van der Waals surface area contributed by atoms with Crippen LogP contribution in [0.5, 0.6) is 0 Å². The van der Waals surface area contributed by atoms with E-state index in [1.165, 1.54) is 4.88 Å². The minimum Gasteiger partial charge on any atom is -0.338 e. The molecule has 3 heterocycles. The fourth-order valence-electron chi connectivity index (χ4n) is 2.53. The summed E-state index contributed by atoms with van der Waals surface area (Å²) in [4.78, 5) is 18.0. The number of aryl methyl sites for hydroxylation is 1. The Hall–Kier alpha value is -1.70. The Balaban J connectivity index is 1.40. The summed E-state index contributed by atoms with van der Waals surface area (Å²) in [6, 6.07) is 5.98. The molecule has 1 N–H and O–H groups in total. The highest BCUT2D eigenvalue weighted by Crippen LogP contribution is 2.13. The SMILES string of the molecule is Cc1cc(NC(=O)CN2CCN(Cc3cccs3)CC2)on1. The molecule has 2 aromatic heterocycles. The average molecular weight is 320 g/mol. The van der Waals surface area contributed by atoms with Crippen LogP contribution in [0.2, 0.25) is 0 Å². The van der Waals surface area contributed by atoms with E-state index < -0.39 is 0 Å². The van der Waals surface area contributed by atoms with Crippen LogP contribution in [0.25, 0.3) is 0 Å². The molecule has 0 aliphatic carbocycles. The van der Waals surface area contributed by atoms with Crippen molar-refractivity contribution in [3.05, 3.63) is 34.2 Å². The van der Waals surface area contributed by atoms with Crippen molar-refractivity contribution in [1.82, 2.24) is 15.0 Å². The number of anilines is 1. The van der Waals surface area contributed by atoms with Crippen molar-refractivity contribution in [2.24, 2.45) is 0 Å². The van der Waals surface area contributed by atoms with Gasteiger partial charge in [0.25, 0.3) is 0 Å². The zero-order valence-electron chi connectivity index (χ0n) is 12.6. The minimum absolute atomic E-state index is 0.0529. The quantitative estimate of drug-likeness (QED) is 0.910. The highest BCUT2D eigenvalue weighted by Gasteiger charge is 2.19. The summed E-state index contributed by atoms with van der Waals surface area (Å²) in [5.41, 5.74) is 0.762. The second-order valence-corrected chi connectivity index (χ2v) is 6.54. The van der Waals surface area contributed by atoms with Gasteiger partial charge in [-0.1, -0.05) is 11.2 Å². The van der Waals surface area contributed by atoms with Crippen molar-refractivity contribution in [1.29, 1.82) is 0 Å². The Bertz CT molecular complexity index is 603. The lowest BCUT2D eigenvalue weighted by Crippen LogP contribution is -2.48. The van der Waals surface area contributed by atoms with E-state index in [1.807, 2.05) is 6.92 Å². The molecule has 3 rings (SSSR count). The van der Waals surface area contributed by atoms with Crippen molar-refractivity contribution < 1.29 is 9.32 Å².